The van der Waals surface area contributed by atoms with Gasteiger partial charge in [-0.05, 0) is 36.2 Å². The van der Waals surface area contributed by atoms with Crippen molar-refractivity contribution in [1.82, 2.24) is 9.55 Å². The number of rotatable bonds is 8. The number of benzene rings is 2. The van der Waals surface area contributed by atoms with Gasteiger partial charge in [-0.15, -0.1) is 0 Å². The Morgan fingerprint density at radius 3 is 2.55 bits per heavy atom. The highest BCUT2D eigenvalue weighted by atomic mass is 35.5. The molecule has 3 aromatic rings. The minimum atomic E-state index is -0.613. The molecule has 0 aliphatic rings. The minimum absolute atomic E-state index is 0.195. The van der Waals surface area contributed by atoms with E-state index < -0.39 is 6.09 Å². The van der Waals surface area contributed by atoms with E-state index in [1.807, 2.05) is 12.1 Å². The number of hydrogen-bond donors (Lipinski definition) is 1. The predicted octanol–water partition coefficient (Wildman–Crippen LogP) is 6.36. The summed E-state index contributed by atoms with van der Waals surface area (Å²) in [6.45, 7) is 4.83. The molecule has 164 valence electrons. The highest BCUT2D eigenvalue weighted by Gasteiger charge is 2.15. The Balaban J connectivity index is 1.66. The third-order valence-corrected chi connectivity index (χ3v) is 4.99. The standard InChI is InChI=1S/C22H23Cl2N3O4/c1-14(2)17-12-16(4-5-20(17)29-3)31-21-18(23)10-15(11-19(21)24)26-22(28)30-9-8-27-7-6-25-13-27/h4-7,10-14H,8-9H2,1-3H3,(H,26,28). The third kappa shape index (κ3) is 6.06. The maximum absolute atomic E-state index is 12.0. The summed E-state index contributed by atoms with van der Waals surface area (Å²) in [4.78, 5) is 15.9. The normalized spacial score (nSPS) is 10.8. The van der Waals surface area contributed by atoms with Crippen molar-refractivity contribution >= 4 is 35.0 Å². The lowest BCUT2D eigenvalue weighted by Crippen LogP contribution is -2.16. The van der Waals surface area contributed by atoms with Crippen molar-refractivity contribution in [2.45, 2.75) is 26.3 Å². The van der Waals surface area contributed by atoms with Gasteiger partial charge in [-0.25, -0.2) is 9.78 Å². The molecule has 0 saturated carbocycles. The van der Waals surface area contributed by atoms with E-state index in [4.69, 9.17) is 37.4 Å². The Morgan fingerprint density at radius 2 is 1.94 bits per heavy atom. The summed E-state index contributed by atoms with van der Waals surface area (Å²) in [5.41, 5.74) is 1.40. The third-order valence-electron chi connectivity index (χ3n) is 4.43. The maximum Gasteiger partial charge on any atom is 0.411 e. The molecule has 9 heteroatoms. The van der Waals surface area contributed by atoms with Gasteiger partial charge in [-0.3, -0.25) is 5.32 Å². The van der Waals surface area contributed by atoms with E-state index in [1.54, 1.807) is 48.6 Å². The first-order chi connectivity index (χ1) is 14.9. The minimum Gasteiger partial charge on any atom is -0.496 e. The lowest BCUT2D eigenvalue weighted by molar-refractivity contribution is 0.157. The zero-order valence-electron chi connectivity index (χ0n) is 17.4. The van der Waals surface area contributed by atoms with Gasteiger partial charge in [0.05, 0.1) is 30.0 Å². The molecule has 3 rings (SSSR count). The summed E-state index contributed by atoms with van der Waals surface area (Å²) in [5.74, 6) is 1.90. The lowest BCUT2D eigenvalue weighted by Gasteiger charge is -2.16. The number of imidazole rings is 1. The second-order valence-electron chi connectivity index (χ2n) is 6.99. The summed E-state index contributed by atoms with van der Waals surface area (Å²) in [7, 11) is 1.63. The Hall–Kier alpha value is -2.90. The van der Waals surface area contributed by atoms with Crippen LogP contribution in [0.5, 0.6) is 17.2 Å². The van der Waals surface area contributed by atoms with Gasteiger partial charge in [0.2, 0.25) is 0 Å². The van der Waals surface area contributed by atoms with Gasteiger partial charge in [0, 0.05) is 23.6 Å². The summed E-state index contributed by atoms with van der Waals surface area (Å²) < 4.78 is 18.3. The molecule has 1 heterocycles. The highest BCUT2D eigenvalue weighted by Crippen LogP contribution is 2.40. The number of carbonyl (C=O) groups is 1. The number of nitrogens with zero attached hydrogens (tertiary/aromatic N) is 2. The second kappa shape index (κ2) is 10.4. The fourth-order valence-electron chi connectivity index (χ4n) is 2.89. The van der Waals surface area contributed by atoms with Gasteiger partial charge in [0.1, 0.15) is 18.1 Å². The van der Waals surface area contributed by atoms with E-state index in [2.05, 4.69) is 24.1 Å². The van der Waals surface area contributed by atoms with E-state index in [1.165, 1.54) is 0 Å². The number of hydrogen-bond acceptors (Lipinski definition) is 5. The largest absolute Gasteiger partial charge is 0.496 e. The number of nitrogens with one attached hydrogen (secondary N) is 1. The van der Waals surface area contributed by atoms with Crippen molar-refractivity contribution in [1.29, 1.82) is 0 Å². The van der Waals surface area contributed by atoms with Crippen LogP contribution in [0.25, 0.3) is 0 Å². The molecule has 0 unspecified atom stereocenters. The molecule has 1 N–H and O–H groups in total. The van der Waals surface area contributed by atoms with Gasteiger partial charge < -0.3 is 18.8 Å². The quantitative estimate of drug-likeness (QED) is 0.420. The second-order valence-corrected chi connectivity index (χ2v) is 7.81. The molecule has 2 aromatic carbocycles. The first-order valence-corrected chi connectivity index (χ1v) is 10.4. The van der Waals surface area contributed by atoms with E-state index >= 15 is 0 Å². The van der Waals surface area contributed by atoms with Crippen molar-refractivity contribution in [3.63, 3.8) is 0 Å². The van der Waals surface area contributed by atoms with Crippen LogP contribution in [0.4, 0.5) is 10.5 Å². The summed E-state index contributed by atoms with van der Waals surface area (Å²) in [6.07, 6.45) is 4.47. The molecular formula is C22H23Cl2N3O4. The van der Waals surface area contributed by atoms with Crippen LogP contribution >= 0.6 is 23.2 Å². The SMILES string of the molecule is COc1ccc(Oc2c(Cl)cc(NC(=O)OCCn3ccnc3)cc2Cl)cc1C(C)C. The smallest absolute Gasteiger partial charge is 0.411 e. The van der Waals surface area contributed by atoms with Crippen LogP contribution < -0.4 is 14.8 Å². The summed E-state index contributed by atoms with van der Waals surface area (Å²) in [6, 6.07) is 8.60. The van der Waals surface area contributed by atoms with E-state index in [-0.39, 0.29) is 22.6 Å². The molecule has 0 aliphatic heterocycles. The van der Waals surface area contributed by atoms with Crippen molar-refractivity contribution in [3.05, 3.63) is 64.7 Å². The van der Waals surface area contributed by atoms with Crippen LogP contribution in [0.1, 0.15) is 25.3 Å². The van der Waals surface area contributed by atoms with Gasteiger partial charge >= 0.3 is 6.09 Å². The van der Waals surface area contributed by atoms with Gasteiger partial charge in [0.25, 0.3) is 0 Å². The van der Waals surface area contributed by atoms with Crippen molar-refractivity contribution in [3.8, 4) is 17.2 Å². The molecule has 0 fully saturated rings. The molecule has 0 aliphatic carbocycles. The molecule has 1 aromatic heterocycles. The average molecular weight is 464 g/mol. The first kappa shape index (κ1) is 22.8. The van der Waals surface area contributed by atoms with Crippen LogP contribution in [0, 0.1) is 0 Å². The Kier molecular flexibility index (Phi) is 7.65. The fourth-order valence-corrected chi connectivity index (χ4v) is 3.46. The van der Waals surface area contributed by atoms with E-state index in [9.17, 15) is 4.79 Å². The Morgan fingerprint density at radius 1 is 1.19 bits per heavy atom. The van der Waals surface area contributed by atoms with Crippen molar-refractivity contribution in [2.75, 3.05) is 19.0 Å². The van der Waals surface area contributed by atoms with Crippen LogP contribution in [-0.2, 0) is 11.3 Å². The highest BCUT2D eigenvalue weighted by molar-refractivity contribution is 6.37. The average Bonchev–Trinajstić information content (AvgIpc) is 3.24. The van der Waals surface area contributed by atoms with Crippen LogP contribution in [-0.4, -0.2) is 29.4 Å². The first-order valence-electron chi connectivity index (χ1n) is 9.61. The number of anilines is 1. The van der Waals surface area contributed by atoms with Crippen LogP contribution in [0.15, 0.2) is 49.1 Å². The molecule has 0 bridgehead atoms. The number of ether oxygens (including phenoxy) is 3. The number of halogens is 2. The number of amides is 1. The molecule has 0 saturated heterocycles. The summed E-state index contributed by atoms with van der Waals surface area (Å²) in [5, 5.41) is 3.11. The summed E-state index contributed by atoms with van der Waals surface area (Å²) >= 11 is 12.7. The lowest BCUT2D eigenvalue weighted by atomic mass is 10.0. The number of carbonyl (C=O) groups excluding carboxylic acids is 1. The molecule has 7 nitrogen and oxygen atoms in total. The van der Waals surface area contributed by atoms with E-state index in [0.29, 0.717) is 23.7 Å². The van der Waals surface area contributed by atoms with E-state index in [0.717, 1.165) is 11.3 Å². The Labute approximate surface area is 190 Å². The van der Waals surface area contributed by atoms with Gasteiger partial charge in [0.15, 0.2) is 5.75 Å². The predicted molar refractivity (Wildman–Crippen MR) is 121 cm³/mol. The van der Waals surface area contributed by atoms with Crippen molar-refractivity contribution in [2.24, 2.45) is 0 Å². The Bertz CT molecular complexity index is 1020. The fraction of sp³-hybridized carbons (Fsp3) is 0.273. The topological polar surface area (TPSA) is 74.6 Å². The van der Waals surface area contributed by atoms with Gasteiger partial charge in [-0.1, -0.05) is 37.0 Å². The molecule has 0 spiro atoms. The molecule has 0 atom stereocenters. The number of aromatic nitrogens is 2. The zero-order chi connectivity index (χ0) is 22.4. The maximum atomic E-state index is 12.0. The molecule has 0 radical (unpaired) electrons. The van der Waals surface area contributed by atoms with Crippen molar-refractivity contribution < 1.29 is 19.0 Å². The molecule has 1 amide bonds. The zero-order valence-corrected chi connectivity index (χ0v) is 18.9. The number of methoxy groups -OCH3 is 1. The van der Waals surface area contributed by atoms with Gasteiger partial charge in [-0.2, -0.15) is 0 Å². The molecule has 31 heavy (non-hydrogen) atoms. The van der Waals surface area contributed by atoms with Crippen LogP contribution in [0.2, 0.25) is 10.0 Å². The molecular weight excluding hydrogens is 441 g/mol. The van der Waals surface area contributed by atoms with Crippen LogP contribution in [0.3, 0.4) is 0 Å². The monoisotopic (exact) mass is 463 g/mol.